The number of pyridine rings is 1. The summed E-state index contributed by atoms with van der Waals surface area (Å²) in [4.78, 5) is 8.54. The number of thiophene rings is 1. The van der Waals surface area contributed by atoms with E-state index in [1.807, 2.05) is 19.1 Å². The van der Waals surface area contributed by atoms with Crippen LogP contribution in [0.5, 0.6) is 0 Å². The van der Waals surface area contributed by atoms with Gasteiger partial charge in [0, 0.05) is 42.3 Å². The largest absolute Gasteiger partial charge is 0.397 e. The number of nitrogens with one attached hydrogen (secondary N) is 2. The Balaban J connectivity index is 1.20. The summed E-state index contributed by atoms with van der Waals surface area (Å²) in [5, 5.41) is 28.8. The summed E-state index contributed by atoms with van der Waals surface area (Å²) in [5.74, 6) is 0. The van der Waals surface area contributed by atoms with Crippen molar-refractivity contribution in [2.45, 2.75) is 63.4 Å². The molecule has 176 valence electrons. The number of aliphatic hydroxyl groups excluding tert-OH is 1. The van der Waals surface area contributed by atoms with Gasteiger partial charge in [-0.2, -0.15) is 5.26 Å². The van der Waals surface area contributed by atoms with E-state index >= 15 is 0 Å². The van der Waals surface area contributed by atoms with Crippen LogP contribution in [0.1, 0.15) is 52.8 Å². The number of benzene rings is 1. The van der Waals surface area contributed by atoms with E-state index in [9.17, 15) is 10.4 Å². The molecule has 0 amide bonds. The number of hydrogen-bond acceptors (Lipinski definition) is 8. The molecule has 2 aromatic heterocycles. The van der Waals surface area contributed by atoms with Gasteiger partial charge in [0.2, 0.25) is 0 Å². The van der Waals surface area contributed by atoms with Crippen LogP contribution < -0.4 is 21.3 Å². The Morgan fingerprint density at radius 3 is 2.79 bits per heavy atom. The fourth-order valence-corrected chi connectivity index (χ4v) is 6.98. The molecule has 1 aromatic carbocycles. The highest BCUT2D eigenvalue weighted by atomic mass is 32.1. The summed E-state index contributed by atoms with van der Waals surface area (Å²) in [6.07, 6.45) is 4.27. The zero-order chi connectivity index (χ0) is 23.4. The van der Waals surface area contributed by atoms with Crippen molar-refractivity contribution < 1.29 is 5.11 Å². The Kier molecular flexibility index (Phi) is 5.46. The van der Waals surface area contributed by atoms with Gasteiger partial charge in [-0.25, -0.2) is 4.98 Å². The molecule has 3 aromatic rings. The van der Waals surface area contributed by atoms with Gasteiger partial charge in [0.1, 0.15) is 17.1 Å². The molecule has 2 aliphatic heterocycles. The molecular formula is C26H30N6OS. The van der Waals surface area contributed by atoms with Gasteiger partial charge in [-0.05, 0) is 74.4 Å². The number of nitriles is 1. The molecule has 34 heavy (non-hydrogen) atoms. The first kappa shape index (κ1) is 21.8. The Morgan fingerprint density at radius 2 is 2.03 bits per heavy atom. The Bertz CT molecular complexity index is 1280. The topological polar surface area (TPSA) is 110 Å². The minimum Gasteiger partial charge on any atom is -0.397 e. The summed E-state index contributed by atoms with van der Waals surface area (Å²) in [6.45, 7) is 3.91. The summed E-state index contributed by atoms with van der Waals surface area (Å²) in [5.41, 5.74) is 12.3. The van der Waals surface area contributed by atoms with E-state index in [4.69, 9.17) is 5.73 Å². The first-order valence-corrected chi connectivity index (χ1v) is 13.0. The summed E-state index contributed by atoms with van der Waals surface area (Å²) in [7, 11) is 0. The number of hydrogen-bond donors (Lipinski definition) is 4. The molecule has 3 unspecified atom stereocenters. The minimum atomic E-state index is -0.836. The van der Waals surface area contributed by atoms with E-state index in [1.165, 1.54) is 35.3 Å². The molecule has 2 saturated heterocycles. The molecule has 4 atom stereocenters. The van der Waals surface area contributed by atoms with Crippen molar-refractivity contribution in [3.63, 3.8) is 0 Å². The Hall–Kier alpha value is -2.70. The van der Waals surface area contributed by atoms with Crippen molar-refractivity contribution in [3.05, 3.63) is 51.5 Å². The standard InChI is InChI=1S/C26H30N6OS/c1-14-2-7-21-23(28)24(34-26(21)29-14)25(33)31-18-4-3-15-10-22(17(11-27)8-16(15)9-18)32-12-19-5-6-20(13-32)30-19/h2,7-8,10,18-20,25,30-31,33H,3-6,9,12-13,28H2,1H3/t18-,19?,20?,25?/m0/s1. The molecule has 0 radical (unpaired) electrons. The third-order valence-corrected chi connectivity index (χ3v) is 8.80. The average molecular weight is 475 g/mol. The molecule has 5 N–H and O–H groups in total. The van der Waals surface area contributed by atoms with Gasteiger partial charge in [-0.15, -0.1) is 11.3 Å². The van der Waals surface area contributed by atoms with Crippen molar-refractivity contribution in [1.29, 1.82) is 5.26 Å². The average Bonchev–Trinajstić information content (AvgIpc) is 3.35. The number of nitrogens with two attached hydrogens (primary N) is 1. The maximum atomic E-state index is 11.0. The van der Waals surface area contributed by atoms with E-state index in [-0.39, 0.29) is 6.04 Å². The van der Waals surface area contributed by atoms with E-state index in [0.29, 0.717) is 17.8 Å². The predicted octanol–water partition coefficient (Wildman–Crippen LogP) is 3.14. The van der Waals surface area contributed by atoms with Gasteiger partial charge >= 0.3 is 0 Å². The number of aryl methyl sites for hydroxylation is 2. The van der Waals surface area contributed by atoms with Crippen LogP contribution in [0.3, 0.4) is 0 Å². The quantitative estimate of drug-likeness (QED) is 0.430. The van der Waals surface area contributed by atoms with Crippen molar-refractivity contribution in [2.24, 2.45) is 0 Å². The summed E-state index contributed by atoms with van der Waals surface area (Å²) < 4.78 is 0. The van der Waals surface area contributed by atoms with Crippen molar-refractivity contribution in [2.75, 3.05) is 23.7 Å². The number of nitrogens with zero attached hydrogens (tertiary/aromatic N) is 3. The first-order chi connectivity index (χ1) is 16.5. The van der Waals surface area contributed by atoms with Gasteiger partial charge in [0.05, 0.1) is 21.8 Å². The van der Waals surface area contributed by atoms with Crippen LogP contribution in [0, 0.1) is 18.3 Å². The van der Waals surface area contributed by atoms with Gasteiger partial charge in [-0.3, -0.25) is 5.32 Å². The monoisotopic (exact) mass is 474 g/mol. The van der Waals surface area contributed by atoms with E-state index < -0.39 is 6.23 Å². The van der Waals surface area contributed by atoms with Crippen molar-refractivity contribution >= 4 is 32.9 Å². The number of aliphatic hydroxyl groups is 1. The first-order valence-electron chi connectivity index (χ1n) is 12.1. The molecule has 7 nitrogen and oxygen atoms in total. The van der Waals surface area contributed by atoms with Crippen LogP contribution in [-0.2, 0) is 12.8 Å². The van der Waals surface area contributed by atoms with Crippen LogP contribution >= 0.6 is 11.3 Å². The zero-order valence-corrected chi connectivity index (χ0v) is 20.2. The lowest BCUT2D eigenvalue weighted by molar-refractivity contribution is 0.124. The second kappa shape index (κ2) is 8.51. The molecule has 2 bridgehead atoms. The van der Waals surface area contributed by atoms with Gasteiger partial charge < -0.3 is 21.1 Å². The van der Waals surface area contributed by atoms with E-state index in [0.717, 1.165) is 64.4 Å². The molecule has 2 fully saturated rings. The highest BCUT2D eigenvalue weighted by molar-refractivity contribution is 7.19. The van der Waals surface area contributed by atoms with E-state index in [1.54, 1.807) is 0 Å². The third-order valence-electron chi connectivity index (χ3n) is 7.63. The molecule has 6 rings (SSSR count). The number of nitrogen functional groups attached to an aromatic ring is 1. The maximum absolute atomic E-state index is 11.0. The second-order valence-corrected chi connectivity index (χ2v) is 11.0. The molecule has 3 aliphatic rings. The minimum absolute atomic E-state index is 0.120. The van der Waals surface area contributed by atoms with Gasteiger partial charge in [0.25, 0.3) is 0 Å². The lowest BCUT2D eigenvalue weighted by Crippen LogP contribution is -2.51. The second-order valence-electron chi connectivity index (χ2n) is 9.99. The third kappa shape index (κ3) is 3.83. The number of anilines is 2. The van der Waals surface area contributed by atoms with Gasteiger partial charge in [0.15, 0.2) is 0 Å². The molecule has 8 heteroatoms. The van der Waals surface area contributed by atoms with Crippen LogP contribution in [0.25, 0.3) is 10.2 Å². The van der Waals surface area contributed by atoms with Gasteiger partial charge in [-0.1, -0.05) is 0 Å². The van der Waals surface area contributed by atoms with Crippen LogP contribution in [0.2, 0.25) is 0 Å². The zero-order valence-electron chi connectivity index (χ0n) is 19.3. The smallest absolute Gasteiger partial charge is 0.142 e. The SMILES string of the molecule is Cc1ccc2c(N)c(C(O)N[C@H]3CCc4cc(N5CC6CCC(C5)N6)c(C#N)cc4C3)sc2n1. The molecule has 1 aliphatic carbocycles. The fourth-order valence-electron chi connectivity index (χ4n) is 5.89. The lowest BCUT2D eigenvalue weighted by Gasteiger charge is -2.36. The number of aromatic nitrogens is 1. The summed E-state index contributed by atoms with van der Waals surface area (Å²) in [6, 6.07) is 11.9. The van der Waals surface area contributed by atoms with Crippen LogP contribution in [0.15, 0.2) is 24.3 Å². The fraction of sp³-hybridized carbons (Fsp3) is 0.462. The van der Waals surface area contributed by atoms with Crippen molar-refractivity contribution in [3.8, 4) is 6.07 Å². The Labute approximate surface area is 203 Å². The lowest BCUT2D eigenvalue weighted by atomic mass is 9.86. The normalized spacial score (nSPS) is 24.7. The highest BCUT2D eigenvalue weighted by Crippen LogP contribution is 2.37. The van der Waals surface area contributed by atoms with E-state index in [2.05, 4.69) is 38.7 Å². The summed E-state index contributed by atoms with van der Waals surface area (Å²) >= 11 is 1.45. The van der Waals surface area contributed by atoms with Crippen LogP contribution in [-0.4, -0.2) is 41.3 Å². The highest BCUT2D eigenvalue weighted by Gasteiger charge is 2.34. The van der Waals surface area contributed by atoms with Crippen LogP contribution in [0.4, 0.5) is 11.4 Å². The molecule has 0 saturated carbocycles. The number of fused-ring (bicyclic) bond motifs is 4. The molecule has 4 heterocycles. The van der Waals surface area contributed by atoms with Crippen molar-refractivity contribution in [1.82, 2.24) is 15.6 Å². The molecular weight excluding hydrogens is 444 g/mol. The predicted molar refractivity (Wildman–Crippen MR) is 136 cm³/mol. The Morgan fingerprint density at radius 1 is 1.24 bits per heavy atom. The number of piperazine rings is 1. The maximum Gasteiger partial charge on any atom is 0.142 e. The number of rotatable bonds is 4. The molecule has 0 spiro atoms.